The van der Waals surface area contributed by atoms with Gasteiger partial charge in [0.1, 0.15) is 0 Å². The lowest BCUT2D eigenvalue weighted by Crippen LogP contribution is -2.27. The van der Waals surface area contributed by atoms with Crippen LogP contribution in [-0.4, -0.2) is 19.2 Å². The van der Waals surface area contributed by atoms with Crippen molar-refractivity contribution >= 4 is 5.97 Å². The molecule has 0 bridgehead atoms. The van der Waals surface area contributed by atoms with Crippen LogP contribution in [0, 0.1) is 5.92 Å². The molecule has 0 aromatic carbocycles. The average molecular weight is 216 g/mol. The Morgan fingerprint density at radius 2 is 2.07 bits per heavy atom. The van der Waals surface area contributed by atoms with E-state index in [1.807, 2.05) is 5.59 Å². The summed E-state index contributed by atoms with van der Waals surface area (Å²) in [5.74, 6) is 5.11. The van der Waals surface area contributed by atoms with Crippen molar-refractivity contribution in [1.29, 1.82) is 0 Å². The molecular weight excluding hydrogens is 196 g/mol. The largest absolute Gasteiger partial charge is 0.381 e. The molecule has 0 heterocycles. The molecule has 1 rings (SSSR count). The van der Waals surface area contributed by atoms with Gasteiger partial charge in [0.25, 0.3) is 0 Å². The van der Waals surface area contributed by atoms with Crippen molar-refractivity contribution in [1.82, 2.24) is 5.59 Å². The minimum atomic E-state index is -0.388. The van der Waals surface area contributed by atoms with Crippen LogP contribution in [0.5, 0.6) is 0 Å². The molecule has 0 unspecified atom stereocenters. The quantitative estimate of drug-likeness (QED) is 0.392. The summed E-state index contributed by atoms with van der Waals surface area (Å²) in [6.45, 7) is 1.18. The van der Waals surface area contributed by atoms with Crippen molar-refractivity contribution in [2.45, 2.75) is 38.5 Å². The molecule has 1 fully saturated rings. The number of rotatable bonds is 6. The summed E-state index contributed by atoms with van der Waals surface area (Å²) in [5.41, 5.74) is 1.85. The Morgan fingerprint density at radius 1 is 1.33 bits per heavy atom. The molecule has 1 aliphatic rings. The van der Waals surface area contributed by atoms with Gasteiger partial charge in [0, 0.05) is 6.61 Å². The highest BCUT2D eigenvalue weighted by atomic mass is 16.7. The highest BCUT2D eigenvalue weighted by molar-refractivity contribution is 5.69. The molecule has 88 valence electrons. The smallest absolute Gasteiger partial charge is 0.328 e. The first-order valence-corrected chi connectivity index (χ1v) is 5.56. The zero-order chi connectivity index (χ0) is 10.9. The van der Waals surface area contributed by atoms with E-state index >= 15 is 0 Å². The Labute approximate surface area is 90.2 Å². The third-order valence-corrected chi connectivity index (χ3v) is 2.70. The first kappa shape index (κ1) is 12.4. The third-order valence-electron chi connectivity index (χ3n) is 2.70. The monoisotopic (exact) mass is 216 g/mol. The highest BCUT2D eigenvalue weighted by Gasteiger charge is 2.13. The van der Waals surface area contributed by atoms with Crippen LogP contribution in [0.4, 0.5) is 0 Å². The lowest BCUT2D eigenvalue weighted by molar-refractivity contribution is -0.152. The molecule has 3 N–H and O–H groups in total. The Hall–Kier alpha value is -0.650. The number of carbonyl (C=O) groups excluding carboxylic acids is 1. The predicted octanol–water partition coefficient (Wildman–Crippen LogP) is 0.895. The topological polar surface area (TPSA) is 73.6 Å². The van der Waals surface area contributed by atoms with Gasteiger partial charge in [0.05, 0.1) is 13.0 Å². The molecule has 5 nitrogen and oxygen atoms in total. The van der Waals surface area contributed by atoms with Crippen LogP contribution in [0.25, 0.3) is 0 Å². The van der Waals surface area contributed by atoms with Crippen LogP contribution in [0.2, 0.25) is 0 Å². The van der Waals surface area contributed by atoms with Crippen molar-refractivity contribution in [3.05, 3.63) is 0 Å². The molecule has 5 heteroatoms. The van der Waals surface area contributed by atoms with E-state index in [0.717, 1.165) is 6.61 Å². The Morgan fingerprint density at radius 3 is 2.73 bits per heavy atom. The second kappa shape index (κ2) is 7.62. The van der Waals surface area contributed by atoms with E-state index in [1.165, 1.54) is 32.1 Å². The molecule has 0 aromatic rings. The maximum atomic E-state index is 10.8. The van der Waals surface area contributed by atoms with Crippen LogP contribution >= 0.6 is 0 Å². The molecule has 0 radical (unpaired) electrons. The van der Waals surface area contributed by atoms with Crippen LogP contribution in [-0.2, 0) is 14.4 Å². The highest BCUT2D eigenvalue weighted by Crippen LogP contribution is 2.23. The van der Waals surface area contributed by atoms with E-state index in [-0.39, 0.29) is 12.4 Å². The summed E-state index contributed by atoms with van der Waals surface area (Å²) in [6.07, 6.45) is 6.74. The summed E-state index contributed by atoms with van der Waals surface area (Å²) in [6, 6.07) is 0. The van der Waals surface area contributed by atoms with Gasteiger partial charge in [-0.2, -0.15) is 0 Å². The summed E-state index contributed by atoms with van der Waals surface area (Å²) >= 11 is 0. The minimum absolute atomic E-state index is 0.247. The van der Waals surface area contributed by atoms with Crippen LogP contribution in [0.1, 0.15) is 38.5 Å². The molecule has 15 heavy (non-hydrogen) atoms. The zero-order valence-corrected chi connectivity index (χ0v) is 9.04. The van der Waals surface area contributed by atoms with E-state index in [2.05, 4.69) is 4.84 Å². The second-order valence-corrected chi connectivity index (χ2v) is 3.92. The van der Waals surface area contributed by atoms with Gasteiger partial charge in [-0.25, -0.2) is 5.84 Å². The van der Waals surface area contributed by atoms with E-state index in [1.54, 1.807) is 0 Å². The fourth-order valence-corrected chi connectivity index (χ4v) is 1.88. The Balaban J connectivity index is 1.93. The fourth-order valence-electron chi connectivity index (χ4n) is 1.88. The molecule has 0 aliphatic heterocycles. The lowest BCUT2D eigenvalue weighted by Gasteiger charge is -2.21. The van der Waals surface area contributed by atoms with Gasteiger partial charge >= 0.3 is 5.97 Å². The van der Waals surface area contributed by atoms with Crippen LogP contribution in [0.15, 0.2) is 0 Å². The van der Waals surface area contributed by atoms with Gasteiger partial charge in [-0.3, -0.25) is 4.79 Å². The molecule has 0 spiro atoms. The van der Waals surface area contributed by atoms with Crippen molar-refractivity contribution in [2.24, 2.45) is 11.8 Å². The SMILES string of the molecule is NNOC(=O)CCOCC1CCCCC1. The molecule has 0 aromatic heterocycles. The summed E-state index contributed by atoms with van der Waals surface area (Å²) in [7, 11) is 0. The van der Waals surface area contributed by atoms with E-state index in [4.69, 9.17) is 10.6 Å². The molecule has 0 atom stereocenters. The minimum Gasteiger partial charge on any atom is -0.381 e. The van der Waals surface area contributed by atoms with Crippen LogP contribution < -0.4 is 11.4 Å². The van der Waals surface area contributed by atoms with Crippen molar-refractivity contribution < 1.29 is 14.4 Å². The number of nitrogens with two attached hydrogens (primary N) is 1. The number of hydrogen-bond acceptors (Lipinski definition) is 5. The summed E-state index contributed by atoms with van der Waals surface area (Å²) in [4.78, 5) is 15.2. The normalized spacial score (nSPS) is 17.7. The molecule has 1 aliphatic carbocycles. The van der Waals surface area contributed by atoms with Gasteiger partial charge in [-0.1, -0.05) is 24.9 Å². The molecule has 1 saturated carbocycles. The zero-order valence-electron chi connectivity index (χ0n) is 9.04. The lowest BCUT2D eigenvalue weighted by atomic mass is 9.90. The summed E-state index contributed by atoms with van der Waals surface area (Å²) in [5, 5.41) is 0. The number of hydrogen-bond donors (Lipinski definition) is 2. The third kappa shape index (κ3) is 5.71. The van der Waals surface area contributed by atoms with Crippen molar-refractivity contribution in [3.8, 4) is 0 Å². The summed E-state index contributed by atoms with van der Waals surface area (Å²) < 4.78 is 5.42. The number of ether oxygens (including phenoxy) is 1. The van der Waals surface area contributed by atoms with Gasteiger partial charge in [0.15, 0.2) is 0 Å². The maximum absolute atomic E-state index is 10.8. The van der Waals surface area contributed by atoms with Crippen molar-refractivity contribution in [2.75, 3.05) is 13.2 Å². The molecule has 0 saturated heterocycles. The van der Waals surface area contributed by atoms with E-state index < -0.39 is 0 Å². The fraction of sp³-hybridized carbons (Fsp3) is 0.900. The molecule has 0 amide bonds. The maximum Gasteiger partial charge on any atom is 0.328 e. The van der Waals surface area contributed by atoms with Gasteiger partial charge in [-0.05, 0) is 18.8 Å². The predicted molar refractivity (Wildman–Crippen MR) is 55.4 cm³/mol. The van der Waals surface area contributed by atoms with E-state index in [9.17, 15) is 4.79 Å². The van der Waals surface area contributed by atoms with Gasteiger partial charge in [-0.15, -0.1) is 0 Å². The van der Waals surface area contributed by atoms with Crippen LogP contribution in [0.3, 0.4) is 0 Å². The Kier molecular flexibility index (Phi) is 6.31. The molecular formula is C10H20N2O3. The van der Waals surface area contributed by atoms with Gasteiger partial charge < -0.3 is 9.57 Å². The average Bonchev–Trinajstić information content (AvgIpc) is 2.26. The van der Waals surface area contributed by atoms with Crippen molar-refractivity contribution in [3.63, 3.8) is 0 Å². The standard InChI is InChI=1S/C10H20N2O3/c11-12-15-10(13)6-7-14-8-9-4-2-1-3-5-9/h9,12H,1-8,11H2. The Bertz CT molecular complexity index is 182. The van der Waals surface area contributed by atoms with Gasteiger partial charge in [0.2, 0.25) is 0 Å². The first-order chi connectivity index (χ1) is 7.33. The number of hydrazine groups is 1. The first-order valence-electron chi connectivity index (χ1n) is 5.56. The van der Waals surface area contributed by atoms with E-state index in [0.29, 0.717) is 12.5 Å². The number of nitrogens with one attached hydrogen (secondary N) is 1. The second-order valence-electron chi connectivity index (χ2n) is 3.92. The number of carbonyl (C=O) groups is 1.